The lowest BCUT2D eigenvalue weighted by Gasteiger charge is -2.13. The van der Waals surface area contributed by atoms with Gasteiger partial charge in [-0.15, -0.1) is 0 Å². The van der Waals surface area contributed by atoms with Gasteiger partial charge >= 0.3 is 5.97 Å². The molecular formula is C14H18O5. The molecule has 0 amide bonds. The van der Waals surface area contributed by atoms with Crippen LogP contribution in [0.25, 0.3) is 0 Å². The van der Waals surface area contributed by atoms with Crippen molar-refractivity contribution in [1.82, 2.24) is 0 Å². The van der Waals surface area contributed by atoms with Gasteiger partial charge in [-0.05, 0) is 19.1 Å². The molecule has 19 heavy (non-hydrogen) atoms. The molecule has 1 atom stereocenters. The number of carbonyl (C=O) groups is 1. The molecule has 0 spiro atoms. The third kappa shape index (κ3) is 5.92. The van der Waals surface area contributed by atoms with Crippen molar-refractivity contribution in [1.29, 1.82) is 0 Å². The lowest BCUT2D eigenvalue weighted by atomic mass is 10.3. The molecule has 1 rings (SSSR count). The van der Waals surface area contributed by atoms with E-state index in [4.69, 9.17) is 14.2 Å². The van der Waals surface area contributed by atoms with Gasteiger partial charge in [-0.1, -0.05) is 12.6 Å². The van der Waals surface area contributed by atoms with Crippen molar-refractivity contribution in [2.24, 2.45) is 0 Å². The van der Waals surface area contributed by atoms with Crippen LogP contribution in [0.4, 0.5) is 0 Å². The van der Waals surface area contributed by atoms with Crippen molar-refractivity contribution >= 4 is 5.97 Å². The molecule has 1 unspecified atom stereocenters. The highest BCUT2D eigenvalue weighted by Gasteiger charge is 2.08. The molecule has 1 aromatic rings. The Bertz CT molecular complexity index is 416. The Kier molecular flexibility index (Phi) is 6.46. The van der Waals surface area contributed by atoms with Crippen molar-refractivity contribution in [3.8, 4) is 11.5 Å². The minimum Gasteiger partial charge on any atom is -0.494 e. The molecule has 0 bridgehead atoms. The third-order valence-electron chi connectivity index (χ3n) is 2.14. The van der Waals surface area contributed by atoms with E-state index in [9.17, 15) is 9.90 Å². The van der Waals surface area contributed by atoms with E-state index in [1.54, 1.807) is 18.2 Å². The molecule has 0 saturated carbocycles. The zero-order valence-corrected chi connectivity index (χ0v) is 10.9. The lowest BCUT2D eigenvalue weighted by molar-refractivity contribution is -0.141. The maximum atomic E-state index is 10.8. The van der Waals surface area contributed by atoms with Gasteiger partial charge in [0.05, 0.1) is 6.61 Å². The summed E-state index contributed by atoms with van der Waals surface area (Å²) in [5.74, 6) is 0.713. The molecule has 0 aliphatic heterocycles. The molecule has 0 radical (unpaired) electrons. The maximum Gasteiger partial charge on any atom is 0.330 e. The van der Waals surface area contributed by atoms with Crippen LogP contribution in [0.1, 0.15) is 6.92 Å². The van der Waals surface area contributed by atoms with E-state index in [0.717, 1.165) is 6.08 Å². The quantitative estimate of drug-likeness (QED) is 0.571. The van der Waals surface area contributed by atoms with E-state index >= 15 is 0 Å². The van der Waals surface area contributed by atoms with Crippen molar-refractivity contribution in [2.75, 3.05) is 19.8 Å². The molecule has 1 aromatic carbocycles. The minimum absolute atomic E-state index is 0.0278. The van der Waals surface area contributed by atoms with Crippen molar-refractivity contribution < 1.29 is 24.1 Å². The number of rotatable bonds is 8. The van der Waals surface area contributed by atoms with Crippen LogP contribution in [0.2, 0.25) is 0 Å². The van der Waals surface area contributed by atoms with Crippen molar-refractivity contribution in [3.63, 3.8) is 0 Å². The van der Waals surface area contributed by atoms with Crippen LogP contribution < -0.4 is 9.47 Å². The summed E-state index contributed by atoms with van der Waals surface area (Å²) in [7, 11) is 0. The number of carbonyl (C=O) groups excluding carboxylic acids is 1. The van der Waals surface area contributed by atoms with Crippen LogP contribution in [-0.4, -0.2) is 37.0 Å². The smallest absolute Gasteiger partial charge is 0.330 e. The average molecular weight is 266 g/mol. The summed E-state index contributed by atoms with van der Waals surface area (Å²) in [6.07, 6.45) is 0.152. The van der Waals surface area contributed by atoms with E-state index in [0.29, 0.717) is 18.1 Å². The maximum absolute atomic E-state index is 10.8. The minimum atomic E-state index is -0.889. The third-order valence-corrected chi connectivity index (χ3v) is 2.14. The molecule has 1 N–H and O–H groups in total. The monoisotopic (exact) mass is 266 g/mol. The van der Waals surface area contributed by atoms with E-state index in [1.807, 2.05) is 13.0 Å². The second-order valence-electron chi connectivity index (χ2n) is 3.71. The zero-order chi connectivity index (χ0) is 14.1. The molecule has 0 fully saturated rings. The average Bonchev–Trinajstić information content (AvgIpc) is 2.43. The number of hydrogen-bond acceptors (Lipinski definition) is 5. The molecule has 0 aromatic heterocycles. The van der Waals surface area contributed by atoms with Gasteiger partial charge in [0.15, 0.2) is 0 Å². The van der Waals surface area contributed by atoms with Gasteiger partial charge < -0.3 is 19.3 Å². The Balaban J connectivity index is 2.36. The van der Waals surface area contributed by atoms with Crippen LogP contribution in [0.15, 0.2) is 36.9 Å². The number of aliphatic hydroxyl groups is 1. The van der Waals surface area contributed by atoms with Crippen LogP contribution in [0.5, 0.6) is 11.5 Å². The summed E-state index contributed by atoms with van der Waals surface area (Å²) in [6.45, 7) is 5.62. The van der Waals surface area contributed by atoms with Gasteiger partial charge in [-0.3, -0.25) is 0 Å². The predicted molar refractivity (Wildman–Crippen MR) is 70.3 cm³/mol. The Morgan fingerprint density at radius 3 is 2.68 bits per heavy atom. The van der Waals surface area contributed by atoms with E-state index < -0.39 is 12.1 Å². The van der Waals surface area contributed by atoms with Gasteiger partial charge in [0.2, 0.25) is 0 Å². The second-order valence-corrected chi connectivity index (χ2v) is 3.71. The first-order chi connectivity index (χ1) is 9.15. The molecule has 104 valence electrons. The van der Waals surface area contributed by atoms with Crippen molar-refractivity contribution in [2.45, 2.75) is 13.0 Å². The highest BCUT2D eigenvalue weighted by atomic mass is 16.5. The number of benzene rings is 1. The first kappa shape index (κ1) is 15.0. The SMILES string of the molecule is C=CC(=O)OCC(O)COc1cccc(OCC)c1. The number of aliphatic hydroxyl groups excluding tert-OH is 1. The summed E-state index contributed by atoms with van der Waals surface area (Å²) < 4.78 is 15.4. The van der Waals surface area contributed by atoms with Gasteiger partial charge in [0.1, 0.15) is 30.8 Å². The summed E-state index contributed by atoms with van der Waals surface area (Å²) in [5, 5.41) is 9.56. The van der Waals surface area contributed by atoms with Gasteiger partial charge in [0, 0.05) is 12.1 Å². The molecule has 0 heterocycles. The predicted octanol–water partition coefficient (Wildman–Crippen LogP) is 1.55. The summed E-state index contributed by atoms with van der Waals surface area (Å²) in [4.78, 5) is 10.8. The first-order valence-electron chi connectivity index (χ1n) is 5.98. The molecule has 5 nitrogen and oxygen atoms in total. The number of hydrogen-bond donors (Lipinski definition) is 1. The molecule has 0 aliphatic carbocycles. The summed E-state index contributed by atoms with van der Waals surface area (Å²) in [6, 6.07) is 7.10. The Labute approximate surface area is 112 Å². The van der Waals surface area contributed by atoms with Crippen molar-refractivity contribution in [3.05, 3.63) is 36.9 Å². The topological polar surface area (TPSA) is 65.0 Å². The molecular weight excluding hydrogens is 248 g/mol. The van der Waals surface area contributed by atoms with E-state index in [2.05, 4.69) is 6.58 Å². The standard InChI is InChI=1S/C14H18O5/c1-3-14(16)19-10-11(15)9-18-13-7-5-6-12(8-13)17-4-2/h3,5-8,11,15H,1,4,9-10H2,2H3. The van der Waals surface area contributed by atoms with Gasteiger partial charge in [-0.2, -0.15) is 0 Å². The van der Waals surface area contributed by atoms with Crippen LogP contribution in [0.3, 0.4) is 0 Å². The van der Waals surface area contributed by atoms with Crippen LogP contribution in [-0.2, 0) is 9.53 Å². The van der Waals surface area contributed by atoms with E-state index in [1.165, 1.54) is 0 Å². The van der Waals surface area contributed by atoms with Gasteiger partial charge in [0.25, 0.3) is 0 Å². The highest BCUT2D eigenvalue weighted by molar-refractivity contribution is 5.81. The molecule has 0 aliphatic rings. The largest absolute Gasteiger partial charge is 0.494 e. The lowest BCUT2D eigenvalue weighted by Crippen LogP contribution is -2.24. The summed E-state index contributed by atoms with van der Waals surface area (Å²) >= 11 is 0. The number of ether oxygens (including phenoxy) is 3. The van der Waals surface area contributed by atoms with Crippen LogP contribution >= 0.6 is 0 Å². The molecule has 5 heteroatoms. The first-order valence-corrected chi connectivity index (χ1v) is 5.98. The molecule has 0 saturated heterocycles. The van der Waals surface area contributed by atoms with E-state index in [-0.39, 0.29) is 13.2 Å². The summed E-state index contributed by atoms with van der Waals surface area (Å²) in [5.41, 5.74) is 0. The van der Waals surface area contributed by atoms with Crippen LogP contribution in [0, 0.1) is 0 Å². The zero-order valence-electron chi connectivity index (χ0n) is 10.9. The second kappa shape index (κ2) is 8.16. The normalized spacial score (nSPS) is 11.5. The highest BCUT2D eigenvalue weighted by Crippen LogP contribution is 2.19. The fourth-order valence-corrected chi connectivity index (χ4v) is 1.30. The fraction of sp³-hybridized carbons (Fsp3) is 0.357. The van der Waals surface area contributed by atoms with Gasteiger partial charge in [-0.25, -0.2) is 4.79 Å². The fourth-order valence-electron chi connectivity index (χ4n) is 1.30. The number of esters is 1. The Morgan fingerprint density at radius 2 is 2.05 bits per heavy atom. The Hall–Kier alpha value is -2.01. The Morgan fingerprint density at radius 1 is 1.37 bits per heavy atom.